The number of tetrazole rings is 1. The van der Waals surface area contributed by atoms with Gasteiger partial charge in [-0.3, -0.25) is 4.79 Å². The Morgan fingerprint density at radius 3 is 2.84 bits per heavy atom. The van der Waals surface area contributed by atoms with E-state index in [4.69, 9.17) is 16.0 Å². The number of hydrazone groups is 1. The number of benzene rings is 1. The molecule has 1 aliphatic rings. The lowest BCUT2D eigenvalue weighted by molar-refractivity contribution is -0.130. The number of carbonyl (C=O) groups is 1. The average molecular weight is 471 g/mol. The van der Waals surface area contributed by atoms with Crippen molar-refractivity contribution in [2.75, 3.05) is 5.75 Å². The second-order valence-corrected chi connectivity index (χ2v) is 8.96. The molecule has 0 saturated heterocycles. The Hall–Kier alpha value is -2.95. The van der Waals surface area contributed by atoms with Crippen LogP contribution in [0, 0.1) is 0 Å². The van der Waals surface area contributed by atoms with Gasteiger partial charge in [-0.15, -0.1) is 16.4 Å². The van der Waals surface area contributed by atoms with Gasteiger partial charge in [0, 0.05) is 11.4 Å². The molecule has 0 saturated carbocycles. The van der Waals surface area contributed by atoms with Crippen molar-refractivity contribution in [2.45, 2.75) is 17.6 Å². The Morgan fingerprint density at radius 2 is 2.10 bits per heavy atom. The highest BCUT2D eigenvalue weighted by Crippen LogP contribution is 2.34. The Labute approximate surface area is 190 Å². The first-order valence-electron chi connectivity index (χ1n) is 9.33. The van der Waals surface area contributed by atoms with Crippen molar-refractivity contribution < 1.29 is 9.21 Å². The van der Waals surface area contributed by atoms with E-state index in [1.807, 2.05) is 41.8 Å². The van der Waals surface area contributed by atoms with E-state index in [9.17, 15) is 4.79 Å². The molecule has 0 bridgehead atoms. The van der Waals surface area contributed by atoms with E-state index in [0.717, 1.165) is 16.3 Å². The molecule has 5 rings (SSSR count). The van der Waals surface area contributed by atoms with Crippen molar-refractivity contribution in [3.8, 4) is 5.69 Å². The number of hydrogen-bond donors (Lipinski definition) is 0. The van der Waals surface area contributed by atoms with Crippen LogP contribution in [0.3, 0.4) is 0 Å². The fourth-order valence-electron chi connectivity index (χ4n) is 3.24. The number of nitrogens with zero attached hydrogens (tertiary/aromatic N) is 6. The summed E-state index contributed by atoms with van der Waals surface area (Å²) in [5.41, 5.74) is 1.64. The molecule has 156 valence electrons. The first-order valence-corrected chi connectivity index (χ1v) is 11.6. The van der Waals surface area contributed by atoms with Gasteiger partial charge in [-0.2, -0.15) is 9.78 Å². The molecule has 8 nitrogen and oxygen atoms in total. The third-order valence-electron chi connectivity index (χ3n) is 4.68. The number of carbonyl (C=O) groups excluding carboxylic acids is 1. The third kappa shape index (κ3) is 4.14. The number of amides is 1. The SMILES string of the molecule is O=C(CSc1nnnn1-c1ccc(Cl)cc1)N1N=C(c2cccs2)C[C@@H]1c1ccco1. The monoisotopic (exact) mass is 470 g/mol. The minimum atomic E-state index is -0.271. The summed E-state index contributed by atoms with van der Waals surface area (Å²) in [6.07, 6.45) is 2.21. The summed E-state index contributed by atoms with van der Waals surface area (Å²) in [6, 6.07) is 14.5. The molecule has 1 amide bonds. The van der Waals surface area contributed by atoms with Crippen LogP contribution in [0.25, 0.3) is 5.69 Å². The number of thiophene rings is 1. The Balaban J connectivity index is 1.34. The fraction of sp³-hybridized carbons (Fsp3) is 0.150. The second-order valence-electron chi connectivity index (χ2n) is 6.64. The van der Waals surface area contributed by atoms with Crippen molar-refractivity contribution in [3.63, 3.8) is 0 Å². The molecule has 4 heterocycles. The first-order chi connectivity index (χ1) is 15.2. The van der Waals surface area contributed by atoms with E-state index in [2.05, 4.69) is 20.6 Å². The average Bonchev–Trinajstić information content (AvgIpc) is 3.58. The van der Waals surface area contributed by atoms with Crippen molar-refractivity contribution >= 4 is 46.3 Å². The van der Waals surface area contributed by atoms with Crippen LogP contribution >= 0.6 is 34.7 Å². The molecule has 11 heteroatoms. The van der Waals surface area contributed by atoms with Gasteiger partial charge in [0.2, 0.25) is 5.16 Å². The van der Waals surface area contributed by atoms with E-state index in [1.54, 1.807) is 34.4 Å². The highest BCUT2D eigenvalue weighted by Gasteiger charge is 2.35. The molecule has 0 fully saturated rings. The van der Waals surface area contributed by atoms with Gasteiger partial charge >= 0.3 is 0 Å². The molecule has 1 aliphatic heterocycles. The standard InChI is InChI=1S/C20H15ClN6O2S2/c21-13-5-7-14(8-6-13)26-20(22-24-25-26)31-12-19(28)27-16(17-3-1-9-29-17)11-15(23-27)18-4-2-10-30-18/h1-10,16H,11-12H2/t16-/m1/s1. The van der Waals surface area contributed by atoms with E-state index in [0.29, 0.717) is 22.4 Å². The van der Waals surface area contributed by atoms with E-state index >= 15 is 0 Å². The highest BCUT2D eigenvalue weighted by atomic mass is 35.5. The summed E-state index contributed by atoms with van der Waals surface area (Å²) in [7, 11) is 0. The maximum atomic E-state index is 13.1. The fourth-order valence-corrected chi connectivity index (χ4v) is 4.83. The number of aromatic nitrogens is 4. The van der Waals surface area contributed by atoms with Crippen molar-refractivity contribution in [2.24, 2.45) is 5.10 Å². The van der Waals surface area contributed by atoms with Crippen LogP contribution in [0.4, 0.5) is 0 Å². The summed E-state index contributed by atoms with van der Waals surface area (Å²) >= 11 is 8.81. The van der Waals surface area contributed by atoms with Crippen LogP contribution in [-0.2, 0) is 4.79 Å². The summed E-state index contributed by atoms with van der Waals surface area (Å²) in [4.78, 5) is 14.2. The molecule has 0 aliphatic carbocycles. The zero-order valence-electron chi connectivity index (χ0n) is 16.0. The predicted octanol–water partition coefficient (Wildman–Crippen LogP) is 4.44. The van der Waals surface area contributed by atoms with Crippen molar-refractivity contribution in [3.05, 3.63) is 75.8 Å². The zero-order chi connectivity index (χ0) is 21.2. The van der Waals surface area contributed by atoms with Gasteiger partial charge in [-0.05, 0) is 58.3 Å². The molecule has 0 spiro atoms. The number of halogens is 1. The summed E-state index contributed by atoms with van der Waals surface area (Å²) in [5, 5.41) is 21.1. The maximum Gasteiger partial charge on any atom is 0.253 e. The minimum Gasteiger partial charge on any atom is -0.467 e. The molecule has 0 radical (unpaired) electrons. The van der Waals surface area contributed by atoms with Gasteiger partial charge in [0.25, 0.3) is 5.91 Å². The van der Waals surface area contributed by atoms with Gasteiger partial charge < -0.3 is 4.42 Å². The van der Waals surface area contributed by atoms with Gasteiger partial charge in [-0.1, -0.05) is 29.4 Å². The zero-order valence-corrected chi connectivity index (χ0v) is 18.3. The van der Waals surface area contributed by atoms with Gasteiger partial charge in [-0.25, -0.2) is 5.01 Å². The molecule has 3 aromatic heterocycles. The molecular weight excluding hydrogens is 456 g/mol. The summed E-state index contributed by atoms with van der Waals surface area (Å²) in [5.74, 6) is 0.690. The number of thioether (sulfide) groups is 1. The van der Waals surface area contributed by atoms with Crippen molar-refractivity contribution in [1.29, 1.82) is 0 Å². The lowest BCUT2D eigenvalue weighted by Crippen LogP contribution is -2.28. The molecule has 0 unspecified atom stereocenters. The predicted molar refractivity (Wildman–Crippen MR) is 119 cm³/mol. The summed E-state index contributed by atoms with van der Waals surface area (Å²) in [6.45, 7) is 0. The third-order valence-corrected chi connectivity index (χ3v) is 6.75. The van der Waals surface area contributed by atoms with Crippen LogP contribution in [0.5, 0.6) is 0 Å². The van der Waals surface area contributed by atoms with Crippen molar-refractivity contribution in [1.82, 2.24) is 25.2 Å². The van der Waals surface area contributed by atoms with Gasteiger partial charge in [0.15, 0.2) is 0 Å². The molecule has 0 N–H and O–H groups in total. The normalized spacial score (nSPS) is 16.0. The Bertz CT molecular complexity index is 1210. The maximum absolute atomic E-state index is 13.1. The lowest BCUT2D eigenvalue weighted by Gasteiger charge is -2.19. The molecule has 1 atom stereocenters. The van der Waals surface area contributed by atoms with Crippen LogP contribution in [-0.4, -0.2) is 42.6 Å². The second kappa shape index (κ2) is 8.66. The Morgan fingerprint density at radius 1 is 1.23 bits per heavy atom. The molecule has 31 heavy (non-hydrogen) atoms. The van der Waals surface area contributed by atoms with Crippen LogP contribution in [0.1, 0.15) is 23.1 Å². The smallest absolute Gasteiger partial charge is 0.253 e. The number of hydrogen-bond acceptors (Lipinski definition) is 8. The highest BCUT2D eigenvalue weighted by molar-refractivity contribution is 7.99. The van der Waals surface area contributed by atoms with Gasteiger partial charge in [0.05, 0.1) is 28.3 Å². The quantitative estimate of drug-likeness (QED) is 0.387. The Kier molecular flexibility index (Phi) is 5.58. The number of rotatable bonds is 6. The van der Waals surface area contributed by atoms with E-state index in [-0.39, 0.29) is 17.7 Å². The first kappa shape index (κ1) is 20.0. The molecule has 4 aromatic rings. The number of furan rings is 1. The molecule has 1 aromatic carbocycles. The summed E-state index contributed by atoms with van der Waals surface area (Å²) < 4.78 is 7.15. The minimum absolute atomic E-state index is 0.131. The largest absolute Gasteiger partial charge is 0.467 e. The van der Waals surface area contributed by atoms with E-state index in [1.165, 1.54) is 16.8 Å². The van der Waals surface area contributed by atoms with E-state index < -0.39 is 0 Å². The lowest BCUT2D eigenvalue weighted by atomic mass is 10.1. The molecular formula is C20H15ClN6O2S2. The van der Waals surface area contributed by atoms with Crippen LogP contribution in [0.15, 0.2) is 74.8 Å². The van der Waals surface area contributed by atoms with Crippen LogP contribution in [0.2, 0.25) is 5.02 Å². The van der Waals surface area contributed by atoms with Gasteiger partial charge in [0.1, 0.15) is 11.8 Å². The topological polar surface area (TPSA) is 89.4 Å². The van der Waals surface area contributed by atoms with Crippen LogP contribution < -0.4 is 0 Å².